The number of carbonyl (C=O) groups is 1. The Kier molecular flexibility index (Phi) is 3.97. The lowest BCUT2D eigenvalue weighted by Gasteiger charge is -2.47. The molecule has 2 atom stereocenters. The molecule has 3 rings (SSSR count). The normalized spacial score (nSPS) is 29.1. The van der Waals surface area contributed by atoms with E-state index in [0.717, 1.165) is 25.7 Å². The molecular weight excluding hydrogens is 289 g/mol. The Morgan fingerprint density at radius 1 is 1.38 bits per heavy atom. The highest BCUT2D eigenvalue weighted by Gasteiger charge is 2.43. The molecular formula is C16H20FNO2S. The summed E-state index contributed by atoms with van der Waals surface area (Å²) in [5.41, 5.74) is -0.130. The number of aliphatic hydroxyl groups is 1. The maximum Gasteiger partial charge on any atom is 0.253 e. The van der Waals surface area contributed by atoms with Gasteiger partial charge in [-0.15, -0.1) is 12.6 Å². The van der Waals surface area contributed by atoms with Gasteiger partial charge in [-0.1, -0.05) is 12.8 Å². The van der Waals surface area contributed by atoms with Crippen LogP contribution >= 0.6 is 12.6 Å². The predicted molar refractivity (Wildman–Crippen MR) is 81.1 cm³/mol. The summed E-state index contributed by atoms with van der Waals surface area (Å²) < 4.78 is 13.2. The van der Waals surface area contributed by atoms with E-state index in [2.05, 4.69) is 12.6 Å². The Morgan fingerprint density at radius 3 is 2.95 bits per heavy atom. The van der Waals surface area contributed by atoms with Crippen LogP contribution in [0.25, 0.3) is 0 Å². The van der Waals surface area contributed by atoms with Crippen molar-refractivity contribution in [3.8, 4) is 0 Å². The Hall–Kier alpha value is -1.07. The monoisotopic (exact) mass is 309 g/mol. The highest BCUT2D eigenvalue weighted by Crippen LogP contribution is 2.40. The van der Waals surface area contributed by atoms with Crippen molar-refractivity contribution in [1.29, 1.82) is 0 Å². The first-order valence-corrected chi connectivity index (χ1v) is 7.94. The SMILES string of the molecule is O=C(c1ccc(F)c(S)c1)N1CCC2(O)CCCCC2C1. The van der Waals surface area contributed by atoms with E-state index in [9.17, 15) is 14.3 Å². The van der Waals surface area contributed by atoms with Gasteiger partial charge < -0.3 is 10.0 Å². The van der Waals surface area contributed by atoms with Crippen LogP contribution in [0.15, 0.2) is 23.1 Å². The van der Waals surface area contributed by atoms with Crippen LogP contribution in [0.5, 0.6) is 0 Å². The Balaban J connectivity index is 1.75. The number of rotatable bonds is 1. The van der Waals surface area contributed by atoms with E-state index in [4.69, 9.17) is 0 Å². The van der Waals surface area contributed by atoms with E-state index in [1.165, 1.54) is 18.2 Å². The summed E-state index contributed by atoms with van der Waals surface area (Å²) in [5, 5.41) is 10.6. The number of halogens is 1. The van der Waals surface area contributed by atoms with Crippen molar-refractivity contribution in [2.45, 2.75) is 42.6 Å². The van der Waals surface area contributed by atoms with Crippen LogP contribution in [0.4, 0.5) is 4.39 Å². The van der Waals surface area contributed by atoms with Crippen LogP contribution < -0.4 is 0 Å². The number of fused-ring (bicyclic) bond motifs is 1. The van der Waals surface area contributed by atoms with Gasteiger partial charge in [-0.25, -0.2) is 4.39 Å². The minimum atomic E-state index is -0.591. The molecule has 1 heterocycles. The molecule has 1 aromatic rings. The molecule has 1 saturated heterocycles. The van der Waals surface area contributed by atoms with E-state index in [1.54, 1.807) is 4.90 Å². The lowest BCUT2D eigenvalue weighted by atomic mass is 9.71. The first kappa shape index (κ1) is 14.9. The van der Waals surface area contributed by atoms with Gasteiger partial charge in [0.2, 0.25) is 0 Å². The van der Waals surface area contributed by atoms with Crippen LogP contribution in [0.2, 0.25) is 0 Å². The van der Waals surface area contributed by atoms with Crippen LogP contribution in [0.1, 0.15) is 42.5 Å². The third-order valence-corrected chi connectivity index (χ3v) is 5.25. The maximum absolute atomic E-state index is 13.2. The van der Waals surface area contributed by atoms with E-state index < -0.39 is 11.4 Å². The molecule has 2 fully saturated rings. The van der Waals surface area contributed by atoms with E-state index >= 15 is 0 Å². The van der Waals surface area contributed by atoms with Crippen LogP contribution in [0, 0.1) is 11.7 Å². The highest BCUT2D eigenvalue weighted by atomic mass is 32.1. The number of benzene rings is 1. The second kappa shape index (κ2) is 5.61. The molecule has 2 aliphatic rings. The molecule has 3 nitrogen and oxygen atoms in total. The number of hydrogen-bond donors (Lipinski definition) is 2. The summed E-state index contributed by atoms with van der Waals surface area (Å²) >= 11 is 4.03. The summed E-state index contributed by atoms with van der Waals surface area (Å²) in [7, 11) is 0. The zero-order chi connectivity index (χ0) is 15.0. The molecule has 1 aliphatic heterocycles. The fourth-order valence-electron chi connectivity index (χ4n) is 3.58. The number of thiol groups is 1. The van der Waals surface area contributed by atoms with Gasteiger partial charge in [0.1, 0.15) is 5.82 Å². The van der Waals surface area contributed by atoms with Crippen molar-refractivity contribution in [3.05, 3.63) is 29.6 Å². The highest BCUT2D eigenvalue weighted by molar-refractivity contribution is 7.80. The first-order valence-electron chi connectivity index (χ1n) is 7.50. The molecule has 5 heteroatoms. The summed E-state index contributed by atoms with van der Waals surface area (Å²) in [6.07, 6.45) is 4.64. The summed E-state index contributed by atoms with van der Waals surface area (Å²) in [4.78, 5) is 14.5. The summed E-state index contributed by atoms with van der Waals surface area (Å²) in [5.74, 6) is -0.354. The van der Waals surface area contributed by atoms with Gasteiger partial charge in [-0.2, -0.15) is 0 Å². The van der Waals surface area contributed by atoms with Gasteiger partial charge in [-0.3, -0.25) is 4.79 Å². The third-order valence-electron chi connectivity index (χ3n) is 4.91. The smallest absolute Gasteiger partial charge is 0.253 e. The molecule has 0 aromatic heterocycles. The average molecular weight is 309 g/mol. The summed E-state index contributed by atoms with van der Waals surface area (Å²) in [6.45, 7) is 1.15. The molecule has 1 aromatic carbocycles. The largest absolute Gasteiger partial charge is 0.389 e. The standard InChI is InChI=1S/C16H20FNO2S/c17-13-5-4-11(9-14(13)21)15(19)18-8-7-16(20)6-2-1-3-12(16)10-18/h4-5,9,12,20-21H,1-3,6-8,10H2. The average Bonchev–Trinajstić information content (AvgIpc) is 2.48. The van der Waals surface area contributed by atoms with Crippen molar-refractivity contribution >= 4 is 18.5 Å². The molecule has 0 spiro atoms. The first-order chi connectivity index (χ1) is 9.99. The zero-order valence-corrected chi connectivity index (χ0v) is 12.8. The van der Waals surface area contributed by atoms with Gasteiger partial charge in [0, 0.05) is 29.5 Å². The van der Waals surface area contributed by atoms with E-state index in [0.29, 0.717) is 25.1 Å². The number of likely N-dealkylation sites (tertiary alicyclic amines) is 1. The quantitative estimate of drug-likeness (QED) is 0.783. The predicted octanol–water partition coefficient (Wildman–Crippen LogP) is 2.88. The molecule has 1 N–H and O–H groups in total. The number of carbonyl (C=O) groups excluding carboxylic acids is 1. The Morgan fingerprint density at radius 2 is 2.19 bits per heavy atom. The van der Waals surface area contributed by atoms with Gasteiger partial charge in [0.25, 0.3) is 5.91 Å². The van der Waals surface area contributed by atoms with Gasteiger partial charge in [0.05, 0.1) is 5.60 Å². The second-order valence-electron chi connectivity index (χ2n) is 6.21. The lowest BCUT2D eigenvalue weighted by molar-refractivity contribution is -0.0886. The van der Waals surface area contributed by atoms with Crippen molar-refractivity contribution in [2.24, 2.45) is 5.92 Å². The van der Waals surface area contributed by atoms with E-state index in [-0.39, 0.29) is 16.7 Å². The van der Waals surface area contributed by atoms with Crippen LogP contribution in [-0.2, 0) is 0 Å². The topological polar surface area (TPSA) is 40.5 Å². The second-order valence-corrected chi connectivity index (χ2v) is 6.70. The fourth-order valence-corrected chi connectivity index (χ4v) is 3.80. The molecule has 1 saturated carbocycles. The van der Waals surface area contributed by atoms with Gasteiger partial charge >= 0.3 is 0 Å². The maximum atomic E-state index is 13.2. The Labute approximate surface area is 129 Å². The van der Waals surface area contributed by atoms with Crippen molar-refractivity contribution in [3.63, 3.8) is 0 Å². The zero-order valence-electron chi connectivity index (χ0n) is 11.9. The fraction of sp³-hybridized carbons (Fsp3) is 0.562. The van der Waals surface area contributed by atoms with Crippen molar-refractivity contribution in [1.82, 2.24) is 4.90 Å². The minimum absolute atomic E-state index is 0.0991. The molecule has 1 aliphatic carbocycles. The Bertz CT molecular complexity index is 565. The molecule has 0 bridgehead atoms. The van der Waals surface area contributed by atoms with Gasteiger partial charge in [-0.05, 0) is 37.5 Å². The minimum Gasteiger partial charge on any atom is -0.389 e. The number of amides is 1. The van der Waals surface area contributed by atoms with Crippen molar-refractivity contribution < 1.29 is 14.3 Å². The van der Waals surface area contributed by atoms with Crippen molar-refractivity contribution in [2.75, 3.05) is 13.1 Å². The molecule has 114 valence electrons. The summed E-state index contributed by atoms with van der Waals surface area (Å²) in [6, 6.07) is 4.25. The third kappa shape index (κ3) is 2.81. The van der Waals surface area contributed by atoms with Crippen LogP contribution in [0.3, 0.4) is 0 Å². The number of piperidine rings is 1. The number of hydrogen-bond acceptors (Lipinski definition) is 3. The molecule has 1 amide bonds. The molecule has 21 heavy (non-hydrogen) atoms. The molecule has 2 unspecified atom stereocenters. The number of nitrogens with zero attached hydrogens (tertiary/aromatic N) is 1. The molecule has 0 radical (unpaired) electrons. The van der Waals surface area contributed by atoms with E-state index in [1.807, 2.05) is 0 Å². The lowest BCUT2D eigenvalue weighted by Crippen LogP contribution is -2.54. The van der Waals surface area contributed by atoms with Gasteiger partial charge in [0.15, 0.2) is 0 Å². The van der Waals surface area contributed by atoms with Crippen LogP contribution in [-0.4, -0.2) is 34.6 Å².